The second kappa shape index (κ2) is 7.95. The third-order valence-corrected chi connectivity index (χ3v) is 4.61. The van der Waals surface area contributed by atoms with E-state index in [9.17, 15) is 4.79 Å². The summed E-state index contributed by atoms with van der Waals surface area (Å²) in [6.07, 6.45) is 2.09. The van der Waals surface area contributed by atoms with E-state index in [2.05, 4.69) is 31.1 Å². The highest BCUT2D eigenvalue weighted by molar-refractivity contribution is 9.10. The molecule has 1 aromatic carbocycles. The standard InChI is InChI=1S/C17H22BrN3O2/c18-14-4-3-13-11-16(20-15(13)12-14)17(22)19-5-1-2-6-21-7-9-23-10-8-21/h3-4,11-12,20H,1-2,5-10H2,(H,19,22). The molecule has 0 bridgehead atoms. The van der Waals surface area contributed by atoms with Crippen LogP contribution in [-0.4, -0.2) is 55.2 Å². The van der Waals surface area contributed by atoms with Gasteiger partial charge in [-0.25, -0.2) is 0 Å². The first-order valence-electron chi connectivity index (χ1n) is 8.09. The van der Waals surface area contributed by atoms with Crippen LogP contribution >= 0.6 is 15.9 Å². The van der Waals surface area contributed by atoms with E-state index in [4.69, 9.17) is 4.74 Å². The van der Waals surface area contributed by atoms with Crippen LogP contribution < -0.4 is 5.32 Å². The molecule has 6 heteroatoms. The summed E-state index contributed by atoms with van der Waals surface area (Å²) < 4.78 is 6.34. The number of H-pyrrole nitrogens is 1. The number of unbranched alkanes of at least 4 members (excludes halogenated alkanes) is 1. The monoisotopic (exact) mass is 379 g/mol. The summed E-state index contributed by atoms with van der Waals surface area (Å²) in [6, 6.07) is 7.85. The number of nitrogens with one attached hydrogen (secondary N) is 2. The summed E-state index contributed by atoms with van der Waals surface area (Å²) in [5, 5.41) is 4.03. The molecule has 0 atom stereocenters. The zero-order valence-electron chi connectivity index (χ0n) is 13.1. The molecule has 1 saturated heterocycles. The molecule has 1 aliphatic heterocycles. The molecule has 1 aromatic heterocycles. The van der Waals surface area contributed by atoms with Gasteiger partial charge in [0.25, 0.3) is 5.91 Å². The Hall–Kier alpha value is -1.37. The Morgan fingerprint density at radius 2 is 2.09 bits per heavy atom. The molecule has 2 aromatic rings. The van der Waals surface area contributed by atoms with E-state index >= 15 is 0 Å². The summed E-state index contributed by atoms with van der Waals surface area (Å²) in [5.41, 5.74) is 1.59. The number of hydrogen-bond acceptors (Lipinski definition) is 3. The maximum atomic E-state index is 12.2. The van der Waals surface area contributed by atoms with Crippen LogP contribution in [0.15, 0.2) is 28.7 Å². The third-order valence-electron chi connectivity index (χ3n) is 4.12. The highest BCUT2D eigenvalue weighted by Crippen LogP contribution is 2.20. The van der Waals surface area contributed by atoms with Crippen LogP contribution in [-0.2, 0) is 4.74 Å². The molecule has 5 nitrogen and oxygen atoms in total. The van der Waals surface area contributed by atoms with Crippen molar-refractivity contribution in [3.8, 4) is 0 Å². The minimum Gasteiger partial charge on any atom is -0.379 e. The summed E-state index contributed by atoms with van der Waals surface area (Å²) in [7, 11) is 0. The number of morpholine rings is 1. The van der Waals surface area contributed by atoms with Gasteiger partial charge < -0.3 is 15.0 Å². The Bertz CT molecular complexity index is 665. The first kappa shape index (κ1) is 16.5. The normalized spacial score (nSPS) is 15.9. The van der Waals surface area contributed by atoms with Gasteiger partial charge in [0.1, 0.15) is 5.69 Å². The smallest absolute Gasteiger partial charge is 0.267 e. The van der Waals surface area contributed by atoms with Crippen molar-refractivity contribution in [2.75, 3.05) is 39.4 Å². The summed E-state index contributed by atoms with van der Waals surface area (Å²) in [6.45, 7) is 5.52. The van der Waals surface area contributed by atoms with Crippen LogP contribution in [0, 0.1) is 0 Å². The Morgan fingerprint density at radius 3 is 2.91 bits per heavy atom. The van der Waals surface area contributed by atoms with Crippen LogP contribution in [0.2, 0.25) is 0 Å². The van der Waals surface area contributed by atoms with E-state index in [0.717, 1.165) is 61.1 Å². The van der Waals surface area contributed by atoms with Crippen LogP contribution in [0.3, 0.4) is 0 Å². The van der Waals surface area contributed by atoms with E-state index in [1.165, 1.54) is 0 Å². The highest BCUT2D eigenvalue weighted by Gasteiger charge is 2.11. The number of fused-ring (bicyclic) bond motifs is 1. The Morgan fingerprint density at radius 1 is 1.26 bits per heavy atom. The predicted molar refractivity (Wildman–Crippen MR) is 94.8 cm³/mol. The van der Waals surface area contributed by atoms with Gasteiger partial charge in [-0.1, -0.05) is 22.0 Å². The van der Waals surface area contributed by atoms with E-state index < -0.39 is 0 Å². The Balaban J connectivity index is 1.41. The molecule has 2 heterocycles. The van der Waals surface area contributed by atoms with Crippen LogP contribution in [0.1, 0.15) is 23.3 Å². The van der Waals surface area contributed by atoms with Gasteiger partial charge in [-0.15, -0.1) is 0 Å². The van der Waals surface area contributed by atoms with Gasteiger partial charge in [-0.05, 0) is 37.6 Å². The molecule has 0 saturated carbocycles. The van der Waals surface area contributed by atoms with E-state index in [0.29, 0.717) is 12.2 Å². The predicted octanol–water partition coefficient (Wildman–Crippen LogP) is 2.77. The maximum absolute atomic E-state index is 12.2. The van der Waals surface area contributed by atoms with Gasteiger partial charge in [0, 0.05) is 35.0 Å². The molecule has 0 radical (unpaired) electrons. The zero-order valence-corrected chi connectivity index (χ0v) is 14.7. The molecular weight excluding hydrogens is 358 g/mol. The minimum absolute atomic E-state index is 0.0382. The van der Waals surface area contributed by atoms with Crippen molar-refractivity contribution in [1.82, 2.24) is 15.2 Å². The summed E-state index contributed by atoms with van der Waals surface area (Å²) in [5.74, 6) is -0.0382. The van der Waals surface area contributed by atoms with Crippen molar-refractivity contribution < 1.29 is 9.53 Å². The maximum Gasteiger partial charge on any atom is 0.267 e. The Kier molecular flexibility index (Phi) is 5.70. The van der Waals surface area contributed by atoms with E-state index in [1.54, 1.807) is 0 Å². The molecular formula is C17H22BrN3O2. The number of benzene rings is 1. The summed E-state index contributed by atoms with van der Waals surface area (Å²) in [4.78, 5) is 17.8. The zero-order chi connectivity index (χ0) is 16.1. The topological polar surface area (TPSA) is 57.4 Å². The average molecular weight is 380 g/mol. The molecule has 3 rings (SSSR count). The number of amides is 1. The van der Waals surface area contributed by atoms with Gasteiger partial charge in [0.2, 0.25) is 0 Å². The fourth-order valence-corrected chi connectivity index (χ4v) is 3.17. The lowest BCUT2D eigenvalue weighted by molar-refractivity contribution is 0.0372. The molecule has 1 fully saturated rings. The lowest BCUT2D eigenvalue weighted by atomic mass is 10.2. The molecule has 1 aliphatic rings. The third kappa shape index (κ3) is 4.56. The second-order valence-electron chi connectivity index (χ2n) is 5.83. The molecule has 0 unspecified atom stereocenters. The van der Waals surface area contributed by atoms with Crippen molar-refractivity contribution in [1.29, 1.82) is 0 Å². The lowest BCUT2D eigenvalue weighted by Gasteiger charge is -2.26. The molecule has 124 valence electrons. The molecule has 0 aliphatic carbocycles. The molecule has 0 spiro atoms. The number of ether oxygens (including phenoxy) is 1. The van der Waals surface area contributed by atoms with Crippen molar-refractivity contribution in [2.45, 2.75) is 12.8 Å². The van der Waals surface area contributed by atoms with Gasteiger partial charge >= 0.3 is 0 Å². The number of nitrogens with zero attached hydrogens (tertiary/aromatic N) is 1. The van der Waals surface area contributed by atoms with Crippen molar-refractivity contribution in [2.24, 2.45) is 0 Å². The average Bonchev–Trinajstić information content (AvgIpc) is 2.98. The van der Waals surface area contributed by atoms with Crippen molar-refractivity contribution >= 4 is 32.7 Å². The van der Waals surface area contributed by atoms with Crippen LogP contribution in [0.25, 0.3) is 10.9 Å². The molecule has 1 amide bonds. The number of aromatic amines is 1. The van der Waals surface area contributed by atoms with Crippen molar-refractivity contribution in [3.05, 3.63) is 34.4 Å². The minimum atomic E-state index is -0.0382. The van der Waals surface area contributed by atoms with Gasteiger partial charge in [-0.2, -0.15) is 0 Å². The van der Waals surface area contributed by atoms with Gasteiger partial charge in [-0.3, -0.25) is 9.69 Å². The molecule has 2 N–H and O–H groups in total. The van der Waals surface area contributed by atoms with E-state index in [1.807, 2.05) is 24.3 Å². The van der Waals surface area contributed by atoms with Crippen LogP contribution in [0.5, 0.6) is 0 Å². The number of rotatable bonds is 6. The first-order valence-corrected chi connectivity index (χ1v) is 8.88. The fraction of sp³-hybridized carbons (Fsp3) is 0.471. The van der Waals surface area contributed by atoms with Gasteiger partial charge in [0.15, 0.2) is 0 Å². The number of carbonyl (C=O) groups excluding carboxylic acids is 1. The fourth-order valence-electron chi connectivity index (χ4n) is 2.80. The highest BCUT2D eigenvalue weighted by atomic mass is 79.9. The number of carbonyl (C=O) groups is 1. The largest absolute Gasteiger partial charge is 0.379 e. The SMILES string of the molecule is O=C(NCCCCN1CCOCC1)c1cc2ccc(Br)cc2[nH]1. The van der Waals surface area contributed by atoms with Gasteiger partial charge in [0.05, 0.1) is 13.2 Å². The number of hydrogen-bond donors (Lipinski definition) is 2. The number of aromatic nitrogens is 1. The Labute approximate surface area is 144 Å². The second-order valence-corrected chi connectivity index (χ2v) is 6.75. The number of halogens is 1. The quantitative estimate of drug-likeness (QED) is 0.758. The molecule has 23 heavy (non-hydrogen) atoms. The van der Waals surface area contributed by atoms with Crippen molar-refractivity contribution in [3.63, 3.8) is 0 Å². The lowest BCUT2D eigenvalue weighted by Crippen LogP contribution is -2.37. The van der Waals surface area contributed by atoms with Crippen LogP contribution in [0.4, 0.5) is 0 Å². The van der Waals surface area contributed by atoms with E-state index in [-0.39, 0.29) is 5.91 Å². The first-order chi connectivity index (χ1) is 11.2. The summed E-state index contributed by atoms with van der Waals surface area (Å²) >= 11 is 3.44.